The summed E-state index contributed by atoms with van der Waals surface area (Å²) in [6.07, 6.45) is 1.04. The number of aryl methyl sites for hydroxylation is 1. The highest BCUT2D eigenvalue weighted by Crippen LogP contribution is 2.42. The number of ketones is 1. The lowest BCUT2D eigenvalue weighted by atomic mass is 9.95. The molecule has 0 aliphatic carbocycles. The highest BCUT2D eigenvalue weighted by Gasteiger charge is 2.31. The van der Waals surface area contributed by atoms with Gasteiger partial charge in [0.05, 0.1) is 13.0 Å². The zero-order valence-electron chi connectivity index (χ0n) is 19.1. The summed E-state index contributed by atoms with van der Waals surface area (Å²) >= 11 is 0. The molecule has 35 heavy (non-hydrogen) atoms. The number of rotatable bonds is 9. The van der Waals surface area contributed by atoms with E-state index in [0.29, 0.717) is 38.2 Å². The summed E-state index contributed by atoms with van der Waals surface area (Å²) in [6.45, 7) is 0.731. The Bertz CT molecular complexity index is 1190. The summed E-state index contributed by atoms with van der Waals surface area (Å²) in [7, 11) is 0. The number of carbonyl (C=O) groups is 2. The van der Waals surface area contributed by atoms with E-state index in [0.717, 1.165) is 11.1 Å². The molecule has 1 atom stereocenters. The summed E-state index contributed by atoms with van der Waals surface area (Å²) < 4.78 is 11.7. The van der Waals surface area contributed by atoms with Crippen molar-refractivity contribution in [3.63, 3.8) is 0 Å². The molecule has 0 radical (unpaired) electrons. The van der Waals surface area contributed by atoms with Crippen molar-refractivity contribution < 1.29 is 34.4 Å². The molecule has 1 unspecified atom stereocenters. The van der Waals surface area contributed by atoms with E-state index in [2.05, 4.69) is 5.32 Å². The Kier molecular flexibility index (Phi) is 7.40. The van der Waals surface area contributed by atoms with Crippen LogP contribution in [-0.2, 0) is 11.2 Å². The predicted octanol–water partition coefficient (Wildman–Crippen LogP) is 4.03. The van der Waals surface area contributed by atoms with Gasteiger partial charge < -0.3 is 30.1 Å². The van der Waals surface area contributed by atoms with Crippen molar-refractivity contribution in [2.45, 2.75) is 31.8 Å². The average molecular weight is 478 g/mol. The summed E-state index contributed by atoms with van der Waals surface area (Å²) in [4.78, 5) is 24.6. The van der Waals surface area contributed by atoms with Crippen LogP contribution in [0.15, 0.2) is 60.7 Å². The average Bonchev–Trinajstić information content (AvgIpc) is 2.83. The number of nitrogens with one attached hydrogen (secondary N) is 1. The van der Waals surface area contributed by atoms with Crippen LogP contribution in [0.3, 0.4) is 0 Å². The lowest BCUT2D eigenvalue weighted by Gasteiger charge is -2.26. The number of carbonyl (C=O) groups excluding carboxylic acids is 2. The number of amides is 1. The molecule has 4 rings (SSSR count). The Balaban J connectivity index is 1.26. The van der Waals surface area contributed by atoms with Crippen LogP contribution in [0.25, 0.3) is 0 Å². The number of benzene rings is 3. The number of hydrogen-bond donors (Lipinski definition) is 4. The fourth-order valence-corrected chi connectivity index (χ4v) is 3.87. The van der Waals surface area contributed by atoms with E-state index in [1.807, 2.05) is 0 Å². The maximum atomic E-state index is 12.6. The molecule has 1 aliphatic rings. The first-order chi connectivity index (χ1) is 16.9. The van der Waals surface area contributed by atoms with Gasteiger partial charge in [-0.25, -0.2) is 0 Å². The van der Waals surface area contributed by atoms with Crippen molar-refractivity contribution in [1.82, 2.24) is 5.32 Å². The van der Waals surface area contributed by atoms with Crippen LogP contribution < -0.4 is 14.8 Å². The minimum absolute atomic E-state index is 0.0725. The highest BCUT2D eigenvalue weighted by atomic mass is 16.5. The molecule has 1 heterocycles. The smallest absolute Gasteiger partial charge is 0.220 e. The minimum atomic E-state index is -0.526. The molecule has 0 bridgehead atoms. The lowest BCUT2D eigenvalue weighted by Crippen LogP contribution is -2.25. The highest BCUT2D eigenvalue weighted by molar-refractivity contribution is 6.02. The molecule has 3 aromatic carbocycles. The maximum Gasteiger partial charge on any atom is 0.220 e. The lowest BCUT2D eigenvalue weighted by molar-refractivity contribution is -0.121. The van der Waals surface area contributed by atoms with Crippen molar-refractivity contribution in [2.24, 2.45) is 0 Å². The van der Waals surface area contributed by atoms with Gasteiger partial charge in [0.15, 0.2) is 5.78 Å². The molecule has 0 saturated heterocycles. The second kappa shape index (κ2) is 10.8. The summed E-state index contributed by atoms with van der Waals surface area (Å²) in [5, 5.41) is 32.0. The van der Waals surface area contributed by atoms with Crippen LogP contribution in [0.5, 0.6) is 28.7 Å². The third-order valence-corrected chi connectivity index (χ3v) is 5.73. The van der Waals surface area contributed by atoms with Gasteiger partial charge in [-0.2, -0.15) is 0 Å². The molecule has 8 nitrogen and oxygen atoms in total. The van der Waals surface area contributed by atoms with Gasteiger partial charge in [0.25, 0.3) is 0 Å². The maximum absolute atomic E-state index is 12.6. The summed E-state index contributed by atoms with van der Waals surface area (Å²) in [6, 6.07) is 16.2. The van der Waals surface area contributed by atoms with Crippen LogP contribution in [0.2, 0.25) is 0 Å². The van der Waals surface area contributed by atoms with Crippen molar-refractivity contribution in [1.29, 1.82) is 0 Å². The topological polar surface area (TPSA) is 125 Å². The fourth-order valence-electron chi connectivity index (χ4n) is 3.87. The van der Waals surface area contributed by atoms with E-state index in [4.69, 9.17) is 9.47 Å². The van der Waals surface area contributed by atoms with Gasteiger partial charge in [-0.05, 0) is 48.2 Å². The van der Waals surface area contributed by atoms with E-state index in [1.165, 1.54) is 18.2 Å². The van der Waals surface area contributed by atoms with Crippen molar-refractivity contribution >= 4 is 11.7 Å². The molecular formula is C27H27NO7. The zero-order valence-corrected chi connectivity index (χ0v) is 19.1. The second-order valence-electron chi connectivity index (χ2n) is 8.36. The Morgan fingerprint density at radius 2 is 1.69 bits per heavy atom. The Labute approximate surface area is 202 Å². The first-order valence-electron chi connectivity index (χ1n) is 11.4. The predicted molar refractivity (Wildman–Crippen MR) is 128 cm³/mol. The van der Waals surface area contributed by atoms with Gasteiger partial charge in [-0.15, -0.1) is 0 Å². The number of phenols is 3. The van der Waals surface area contributed by atoms with Crippen molar-refractivity contribution in [3.8, 4) is 28.7 Å². The van der Waals surface area contributed by atoms with Crippen LogP contribution >= 0.6 is 0 Å². The van der Waals surface area contributed by atoms with Gasteiger partial charge >= 0.3 is 0 Å². The summed E-state index contributed by atoms with van der Waals surface area (Å²) in [5.41, 5.74) is 1.85. The van der Waals surface area contributed by atoms with E-state index >= 15 is 0 Å². The normalized spacial score (nSPS) is 14.6. The number of phenolic OH excluding ortho intramolecular Hbond substituents is 3. The van der Waals surface area contributed by atoms with Crippen molar-refractivity contribution in [3.05, 3.63) is 77.4 Å². The zero-order chi connectivity index (χ0) is 24.8. The Morgan fingerprint density at radius 3 is 2.40 bits per heavy atom. The quantitative estimate of drug-likeness (QED) is 0.343. The molecule has 1 aliphatic heterocycles. The van der Waals surface area contributed by atoms with Crippen molar-refractivity contribution in [2.75, 3.05) is 13.2 Å². The number of hydrogen-bond acceptors (Lipinski definition) is 7. The van der Waals surface area contributed by atoms with Gasteiger partial charge in [-0.1, -0.05) is 24.3 Å². The Morgan fingerprint density at radius 1 is 1.00 bits per heavy atom. The van der Waals surface area contributed by atoms with Crippen LogP contribution in [-0.4, -0.2) is 40.2 Å². The first-order valence-corrected chi connectivity index (χ1v) is 11.4. The molecule has 1 amide bonds. The molecule has 3 aromatic rings. The second-order valence-corrected chi connectivity index (χ2v) is 8.36. The number of Topliss-reactive ketones (excluding diaryl/α,β-unsaturated/α-hetero) is 1. The molecule has 0 spiro atoms. The van der Waals surface area contributed by atoms with Gasteiger partial charge in [0, 0.05) is 25.1 Å². The first kappa shape index (κ1) is 23.9. The van der Waals surface area contributed by atoms with E-state index < -0.39 is 6.10 Å². The van der Waals surface area contributed by atoms with Gasteiger partial charge in [0.2, 0.25) is 5.91 Å². The summed E-state index contributed by atoms with van der Waals surface area (Å²) in [5.74, 6) is 0.420. The molecular weight excluding hydrogens is 450 g/mol. The molecule has 0 saturated carbocycles. The van der Waals surface area contributed by atoms with Gasteiger partial charge in [0.1, 0.15) is 40.4 Å². The fraction of sp³-hybridized carbons (Fsp3) is 0.259. The third kappa shape index (κ3) is 6.23. The number of fused-ring (bicyclic) bond motifs is 1. The third-order valence-electron chi connectivity index (χ3n) is 5.73. The molecule has 4 N–H and O–H groups in total. The van der Waals surface area contributed by atoms with Gasteiger partial charge in [-0.3, -0.25) is 9.59 Å². The molecule has 182 valence electrons. The standard InChI is InChI=1S/C27H27NO7/c29-19-7-2-17(3-8-19)4-11-26(33)28-12-1-13-34-21-14-22(31)27-23(32)16-24(35-25(27)15-21)18-5-9-20(30)10-6-18/h2-3,5-10,14-15,24,29-31H,1,4,11-13,16H2,(H,28,33). The SMILES string of the molecule is O=C(CCc1ccc(O)cc1)NCCCOc1cc(O)c2c(c1)OC(c1ccc(O)cc1)CC2=O. The number of ether oxygens (including phenoxy) is 2. The largest absolute Gasteiger partial charge is 0.508 e. The Hall–Kier alpha value is -4.20. The van der Waals surface area contributed by atoms with Crippen LogP contribution in [0, 0.1) is 0 Å². The molecule has 8 heteroatoms. The minimum Gasteiger partial charge on any atom is -0.508 e. The van der Waals surface area contributed by atoms with Crippen LogP contribution in [0.4, 0.5) is 0 Å². The van der Waals surface area contributed by atoms with E-state index in [9.17, 15) is 24.9 Å². The van der Waals surface area contributed by atoms with E-state index in [-0.39, 0.29) is 46.7 Å². The number of aromatic hydroxyl groups is 3. The monoisotopic (exact) mass is 477 g/mol. The van der Waals surface area contributed by atoms with Crippen LogP contribution in [0.1, 0.15) is 46.9 Å². The molecule has 0 aromatic heterocycles. The van der Waals surface area contributed by atoms with E-state index in [1.54, 1.807) is 42.5 Å². The molecule has 0 fully saturated rings.